The topological polar surface area (TPSA) is 66.0 Å². The fourth-order valence-electron chi connectivity index (χ4n) is 1.88. The molecule has 116 valence electrons. The normalized spacial score (nSPS) is 11.8. The highest BCUT2D eigenvalue weighted by Crippen LogP contribution is 2.18. The van der Waals surface area contributed by atoms with E-state index in [2.05, 4.69) is 49.5 Å². The Bertz CT molecular complexity index is 356. The lowest BCUT2D eigenvalue weighted by Gasteiger charge is -2.21. The zero-order chi connectivity index (χ0) is 15.8. The molecule has 0 aromatic carbocycles. The maximum atomic E-state index is 8.42. The first-order valence-electron chi connectivity index (χ1n) is 7.49. The van der Waals surface area contributed by atoms with Crippen molar-refractivity contribution in [1.29, 1.82) is 10.5 Å². The summed E-state index contributed by atoms with van der Waals surface area (Å²) < 4.78 is 10.7. The Morgan fingerprint density at radius 2 is 1.29 bits per heavy atom. The zero-order valence-electron chi connectivity index (χ0n) is 13.2. The maximum Gasteiger partial charge on any atom is 0.101 e. The van der Waals surface area contributed by atoms with Gasteiger partial charge in [-0.05, 0) is 0 Å². The second-order valence-corrected chi connectivity index (χ2v) is 9.26. The van der Waals surface area contributed by atoms with Crippen LogP contribution in [0.25, 0.3) is 0 Å². The van der Waals surface area contributed by atoms with Crippen molar-refractivity contribution >= 4 is 8.07 Å². The van der Waals surface area contributed by atoms with Gasteiger partial charge in [0.25, 0.3) is 0 Å². The van der Waals surface area contributed by atoms with Gasteiger partial charge in [0.15, 0.2) is 0 Å². The zero-order valence-corrected chi connectivity index (χ0v) is 14.2. The number of nitrogens with zero attached hydrogens (tertiary/aromatic N) is 2. The van der Waals surface area contributed by atoms with Crippen LogP contribution in [0.1, 0.15) is 26.7 Å². The number of hydrogen-bond donors (Lipinski definition) is 0. The molecule has 0 amide bonds. The molecule has 0 aromatic heterocycles. The van der Waals surface area contributed by atoms with Crippen LogP contribution in [0.5, 0.6) is 0 Å². The molecule has 0 saturated carbocycles. The molecule has 0 aliphatic carbocycles. The van der Waals surface area contributed by atoms with Crippen molar-refractivity contribution in [3.8, 4) is 12.1 Å². The first-order valence-corrected chi connectivity index (χ1v) is 10.1. The van der Waals surface area contributed by atoms with Crippen molar-refractivity contribution < 1.29 is 9.47 Å². The number of ether oxygens (including phenoxy) is 2. The summed E-state index contributed by atoms with van der Waals surface area (Å²) in [5.41, 5.74) is 4.62. The van der Waals surface area contributed by atoms with E-state index in [9.17, 15) is 0 Å². The average molecular weight is 306 g/mol. The minimum absolute atomic E-state index is 0.442. The predicted octanol–water partition coefficient (Wildman–Crippen LogP) is 3.53. The van der Waals surface area contributed by atoms with Gasteiger partial charge in [-0.3, -0.25) is 0 Å². The minimum Gasteiger partial charge on any atom is -0.376 e. The average Bonchev–Trinajstić information content (AvgIpc) is 2.52. The highest BCUT2D eigenvalue weighted by molar-refractivity contribution is 6.88. The highest BCUT2D eigenvalue weighted by atomic mass is 28.3. The van der Waals surface area contributed by atoms with Crippen LogP contribution in [0, 0.1) is 22.7 Å². The van der Waals surface area contributed by atoms with Crippen LogP contribution in [0.4, 0.5) is 0 Å². The molecule has 0 bridgehead atoms. The monoisotopic (exact) mass is 306 g/mol. The van der Waals surface area contributed by atoms with E-state index in [4.69, 9.17) is 20.0 Å². The van der Waals surface area contributed by atoms with Crippen molar-refractivity contribution in [2.75, 3.05) is 26.4 Å². The SMILES string of the molecule is CC[Si](C=CCOCCC#N)(C=CCOCCC#N)CC. The lowest BCUT2D eigenvalue weighted by Crippen LogP contribution is -2.28. The fraction of sp³-hybridized carbons (Fsp3) is 0.625. The molecule has 21 heavy (non-hydrogen) atoms. The summed E-state index contributed by atoms with van der Waals surface area (Å²) >= 11 is 0. The standard InChI is InChI=1S/C16H26N2O2Si/c1-3-21(4-2,15-7-13-19-11-5-9-17)16-8-14-20-12-6-10-18/h7-8,15-16H,3-6,11-14H2,1-2H3. The van der Waals surface area contributed by atoms with Crippen molar-refractivity contribution in [2.45, 2.75) is 38.8 Å². The Balaban J connectivity index is 4.22. The number of rotatable bonds is 12. The molecule has 4 nitrogen and oxygen atoms in total. The van der Waals surface area contributed by atoms with Gasteiger partial charge in [-0.2, -0.15) is 10.5 Å². The Kier molecular flexibility index (Phi) is 12.7. The van der Waals surface area contributed by atoms with E-state index in [1.807, 2.05) is 0 Å². The molecular formula is C16H26N2O2Si. The van der Waals surface area contributed by atoms with E-state index in [1.54, 1.807) is 0 Å². The Morgan fingerprint density at radius 3 is 1.62 bits per heavy atom. The lowest BCUT2D eigenvalue weighted by molar-refractivity contribution is 0.168. The Morgan fingerprint density at radius 1 is 0.857 bits per heavy atom. The van der Waals surface area contributed by atoms with E-state index in [0.717, 1.165) is 12.1 Å². The third-order valence-corrected chi connectivity index (χ3v) is 7.79. The molecule has 0 spiro atoms. The molecule has 0 aliphatic heterocycles. The van der Waals surface area contributed by atoms with Crippen LogP contribution in [0.15, 0.2) is 23.6 Å². The van der Waals surface area contributed by atoms with Crippen LogP contribution < -0.4 is 0 Å². The van der Waals surface area contributed by atoms with Crippen LogP contribution in [0.2, 0.25) is 12.1 Å². The minimum atomic E-state index is -1.53. The van der Waals surface area contributed by atoms with Crippen LogP contribution in [-0.4, -0.2) is 34.5 Å². The highest BCUT2D eigenvalue weighted by Gasteiger charge is 2.21. The Labute approximate surface area is 129 Å². The van der Waals surface area contributed by atoms with Gasteiger partial charge in [0.1, 0.15) is 8.07 Å². The number of hydrogen-bond acceptors (Lipinski definition) is 4. The maximum absolute atomic E-state index is 8.42. The summed E-state index contributed by atoms with van der Waals surface area (Å²) in [6, 6.07) is 6.41. The van der Waals surface area contributed by atoms with Crippen molar-refractivity contribution in [2.24, 2.45) is 0 Å². The molecule has 0 heterocycles. The molecule has 0 radical (unpaired) electrons. The van der Waals surface area contributed by atoms with Crippen LogP contribution >= 0.6 is 0 Å². The fourth-order valence-corrected chi connectivity index (χ4v) is 4.57. The van der Waals surface area contributed by atoms with Gasteiger partial charge in [-0.25, -0.2) is 0 Å². The quantitative estimate of drug-likeness (QED) is 0.409. The largest absolute Gasteiger partial charge is 0.376 e. The second-order valence-electron chi connectivity index (χ2n) is 4.71. The molecule has 0 saturated heterocycles. The summed E-state index contributed by atoms with van der Waals surface area (Å²) in [5, 5.41) is 16.8. The summed E-state index contributed by atoms with van der Waals surface area (Å²) in [4.78, 5) is 0. The van der Waals surface area contributed by atoms with E-state index >= 15 is 0 Å². The summed E-state index contributed by atoms with van der Waals surface area (Å²) in [6.45, 7) is 6.58. The summed E-state index contributed by atoms with van der Waals surface area (Å²) in [6.07, 6.45) is 5.05. The van der Waals surface area contributed by atoms with E-state index < -0.39 is 8.07 Å². The number of nitriles is 2. The van der Waals surface area contributed by atoms with E-state index in [-0.39, 0.29) is 0 Å². The summed E-state index contributed by atoms with van der Waals surface area (Å²) in [7, 11) is -1.53. The third-order valence-electron chi connectivity index (χ3n) is 3.36. The first-order chi connectivity index (χ1) is 10.2. The molecule has 0 unspecified atom stereocenters. The molecule has 0 fully saturated rings. The lowest BCUT2D eigenvalue weighted by atomic mass is 10.5. The summed E-state index contributed by atoms with van der Waals surface area (Å²) in [5.74, 6) is 0. The molecular weight excluding hydrogens is 280 g/mol. The third kappa shape index (κ3) is 10.0. The van der Waals surface area contributed by atoms with Gasteiger partial charge in [0, 0.05) is 0 Å². The van der Waals surface area contributed by atoms with Crippen molar-refractivity contribution in [3.63, 3.8) is 0 Å². The molecule has 5 heteroatoms. The van der Waals surface area contributed by atoms with Gasteiger partial charge >= 0.3 is 0 Å². The van der Waals surface area contributed by atoms with E-state index in [1.165, 1.54) is 0 Å². The second kappa shape index (κ2) is 13.6. The molecule has 0 atom stereocenters. The van der Waals surface area contributed by atoms with Crippen LogP contribution in [-0.2, 0) is 9.47 Å². The van der Waals surface area contributed by atoms with Gasteiger partial charge in [0.05, 0.1) is 51.4 Å². The van der Waals surface area contributed by atoms with Gasteiger partial charge in [-0.15, -0.1) is 0 Å². The van der Waals surface area contributed by atoms with Crippen molar-refractivity contribution in [3.05, 3.63) is 23.6 Å². The predicted molar refractivity (Wildman–Crippen MR) is 87.1 cm³/mol. The van der Waals surface area contributed by atoms with Gasteiger partial charge in [-0.1, -0.05) is 49.5 Å². The molecule has 0 aliphatic rings. The van der Waals surface area contributed by atoms with Gasteiger partial charge in [0.2, 0.25) is 0 Å². The van der Waals surface area contributed by atoms with Crippen LogP contribution in [0.3, 0.4) is 0 Å². The Hall–Kier alpha value is -1.40. The van der Waals surface area contributed by atoms with Crippen molar-refractivity contribution in [1.82, 2.24) is 0 Å². The molecule has 0 rings (SSSR count). The first kappa shape index (κ1) is 19.6. The smallest absolute Gasteiger partial charge is 0.101 e. The molecule has 0 N–H and O–H groups in total. The van der Waals surface area contributed by atoms with Gasteiger partial charge < -0.3 is 9.47 Å². The molecule has 0 aromatic rings. The van der Waals surface area contributed by atoms with E-state index in [0.29, 0.717) is 39.3 Å².